The Hall–Kier alpha value is -1.73. The van der Waals surface area contributed by atoms with Crippen molar-refractivity contribution in [3.8, 4) is 0 Å². The van der Waals surface area contributed by atoms with Gasteiger partial charge in [-0.3, -0.25) is 14.6 Å². The fourth-order valence-electron chi connectivity index (χ4n) is 3.00. The van der Waals surface area contributed by atoms with E-state index in [9.17, 15) is 13.6 Å². The molecule has 0 radical (unpaired) electrons. The van der Waals surface area contributed by atoms with Crippen LogP contribution in [0.4, 0.5) is 14.5 Å². The van der Waals surface area contributed by atoms with E-state index < -0.39 is 11.6 Å². The van der Waals surface area contributed by atoms with Crippen molar-refractivity contribution in [3.63, 3.8) is 0 Å². The standard InChI is InChI=1S/C19H19Cl2F2N3O/c20-15-2-1-3-16(21)14(15)11-25-6-8-26(9-7-25)12-19(27)24-18-5-4-13(22)10-17(18)23/h1-5,10H,6-9,11-12H2,(H,24,27). The van der Waals surface area contributed by atoms with Crippen LogP contribution in [0.2, 0.25) is 10.0 Å². The van der Waals surface area contributed by atoms with E-state index in [1.165, 1.54) is 6.07 Å². The van der Waals surface area contributed by atoms with Crippen molar-refractivity contribution in [2.75, 3.05) is 38.0 Å². The first-order valence-corrected chi connectivity index (χ1v) is 9.30. The Kier molecular flexibility index (Phi) is 6.65. The Morgan fingerprint density at radius 3 is 2.26 bits per heavy atom. The number of nitrogens with one attached hydrogen (secondary N) is 1. The van der Waals surface area contributed by atoms with Crippen LogP contribution < -0.4 is 5.32 Å². The largest absolute Gasteiger partial charge is 0.322 e. The van der Waals surface area contributed by atoms with Crippen molar-refractivity contribution in [2.24, 2.45) is 0 Å². The number of carbonyl (C=O) groups excluding carboxylic acids is 1. The van der Waals surface area contributed by atoms with Gasteiger partial charge in [-0.05, 0) is 24.3 Å². The molecule has 1 aliphatic rings. The Morgan fingerprint density at radius 1 is 1.00 bits per heavy atom. The minimum Gasteiger partial charge on any atom is -0.322 e. The summed E-state index contributed by atoms with van der Waals surface area (Å²) in [5.41, 5.74) is 0.882. The quantitative estimate of drug-likeness (QED) is 0.803. The van der Waals surface area contributed by atoms with Crippen LogP contribution in [0, 0.1) is 11.6 Å². The van der Waals surface area contributed by atoms with E-state index in [2.05, 4.69) is 10.2 Å². The number of rotatable bonds is 5. The van der Waals surface area contributed by atoms with Gasteiger partial charge in [-0.15, -0.1) is 0 Å². The molecule has 1 heterocycles. The third-order valence-corrected chi connectivity index (χ3v) is 5.19. The normalized spacial score (nSPS) is 15.7. The maximum absolute atomic E-state index is 13.6. The second-order valence-corrected chi connectivity index (χ2v) is 7.24. The topological polar surface area (TPSA) is 35.6 Å². The lowest BCUT2D eigenvalue weighted by Gasteiger charge is -2.34. The predicted octanol–water partition coefficient (Wildman–Crippen LogP) is 4.03. The molecule has 0 saturated carbocycles. The number of benzene rings is 2. The first kappa shape index (κ1) is 20.0. The Balaban J connectivity index is 1.48. The van der Waals surface area contributed by atoms with Crippen molar-refractivity contribution < 1.29 is 13.6 Å². The second-order valence-electron chi connectivity index (χ2n) is 6.42. The molecule has 1 N–H and O–H groups in total. The van der Waals surface area contributed by atoms with E-state index in [-0.39, 0.29) is 18.1 Å². The summed E-state index contributed by atoms with van der Waals surface area (Å²) in [4.78, 5) is 16.3. The molecule has 0 aromatic heterocycles. The summed E-state index contributed by atoms with van der Waals surface area (Å²) in [6.45, 7) is 3.72. The number of piperazine rings is 1. The van der Waals surface area contributed by atoms with E-state index in [0.29, 0.717) is 29.7 Å². The Bertz CT molecular complexity index is 806. The highest BCUT2D eigenvalue weighted by Gasteiger charge is 2.21. The molecule has 0 spiro atoms. The molecule has 8 heteroatoms. The fraction of sp³-hybridized carbons (Fsp3) is 0.316. The van der Waals surface area contributed by atoms with Gasteiger partial charge in [0.05, 0.1) is 12.2 Å². The molecule has 1 fully saturated rings. The van der Waals surface area contributed by atoms with Gasteiger partial charge in [0.2, 0.25) is 5.91 Å². The molecule has 1 aliphatic heterocycles. The zero-order valence-electron chi connectivity index (χ0n) is 14.5. The van der Waals surface area contributed by atoms with Gasteiger partial charge in [0.15, 0.2) is 0 Å². The fourth-order valence-corrected chi connectivity index (χ4v) is 3.51. The predicted molar refractivity (Wildman–Crippen MR) is 103 cm³/mol. The van der Waals surface area contributed by atoms with E-state index in [1.54, 1.807) is 0 Å². The van der Waals surface area contributed by atoms with Crippen molar-refractivity contribution in [2.45, 2.75) is 6.54 Å². The zero-order chi connectivity index (χ0) is 19.4. The number of halogens is 4. The van der Waals surface area contributed by atoms with Gasteiger partial charge in [0.1, 0.15) is 11.6 Å². The molecule has 0 atom stereocenters. The molecule has 0 bridgehead atoms. The summed E-state index contributed by atoms with van der Waals surface area (Å²) >= 11 is 12.4. The van der Waals surface area contributed by atoms with Crippen molar-refractivity contribution in [1.82, 2.24) is 9.80 Å². The van der Waals surface area contributed by atoms with Crippen LogP contribution in [-0.2, 0) is 11.3 Å². The van der Waals surface area contributed by atoms with E-state index in [4.69, 9.17) is 23.2 Å². The summed E-state index contributed by atoms with van der Waals surface area (Å²) < 4.78 is 26.5. The smallest absolute Gasteiger partial charge is 0.238 e. The zero-order valence-corrected chi connectivity index (χ0v) is 16.0. The van der Waals surface area contributed by atoms with Gasteiger partial charge < -0.3 is 5.32 Å². The lowest BCUT2D eigenvalue weighted by molar-refractivity contribution is -0.117. The van der Waals surface area contributed by atoms with Gasteiger partial charge in [0.25, 0.3) is 0 Å². The first-order chi connectivity index (χ1) is 12.9. The number of carbonyl (C=O) groups is 1. The average Bonchev–Trinajstić information content (AvgIpc) is 2.62. The molecular formula is C19H19Cl2F2N3O. The summed E-state index contributed by atoms with van der Waals surface area (Å²) in [6.07, 6.45) is 0. The molecule has 2 aromatic carbocycles. The molecule has 1 saturated heterocycles. The summed E-state index contributed by atoms with van der Waals surface area (Å²) in [5, 5.41) is 3.77. The molecule has 3 rings (SSSR count). The van der Waals surface area contributed by atoms with Gasteiger partial charge in [-0.2, -0.15) is 0 Å². The van der Waals surface area contributed by atoms with Crippen LogP contribution in [0.5, 0.6) is 0 Å². The lowest BCUT2D eigenvalue weighted by atomic mass is 10.2. The number of hydrogen-bond donors (Lipinski definition) is 1. The van der Waals surface area contributed by atoms with Gasteiger partial charge in [-0.25, -0.2) is 8.78 Å². The van der Waals surface area contributed by atoms with E-state index >= 15 is 0 Å². The number of nitrogens with zero attached hydrogens (tertiary/aromatic N) is 2. The number of hydrogen-bond acceptors (Lipinski definition) is 3. The molecule has 144 valence electrons. The molecule has 2 aromatic rings. The monoisotopic (exact) mass is 413 g/mol. The highest BCUT2D eigenvalue weighted by molar-refractivity contribution is 6.35. The van der Waals surface area contributed by atoms with Gasteiger partial charge in [0, 0.05) is 54.4 Å². The maximum atomic E-state index is 13.6. The Morgan fingerprint density at radius 2 is 1.63 bits per heavy atom. The molecule has 0 unspecified atom stereocenters. The number of amides is 1. The molecule has 1 amide bonds. The van der Waals surface area contributed by atoms with Crippen LogP contribution >= 0.6 is 23.2 Å². The molecular weight excluding hydrogens is 395 g/mol. The van der Waals surface area contributed by atoms with Crippen molar-refractivity contribution in [1.29, 1.82) is 0 Å². The number of anilines is 1. The first-order valence-electron chi connectivity index (χ1n) is 8.55. The highest BCUT2D eigenvalue weighted by atomic mass is 35.5. The molecule has 0 aliphatic carbocycles. The second kappa shape index (κ2) is 8.97. The van der Waals surface area contributed by atoms with Gasteiger partial charge >= 0.3 is 0 Å². The highest BCUT2D eigenvalue weighted by Crippen LogP contribution is 2.26. The van der Waals surface area contributed by atoms with Crippen LogP contribution in [0.15, 0.2) is 36.4 Å². The van der Waals surface area contributed by atoms with Crippen molar-refractivity contribution >= 4 is 34.8 Å². The summed E-state index contributed by atoms with van der Waals surface area (Å²) in [6, 6.07) is 8.52. The SMILES string of the molecule is O=C(CN1CCN(Cc2c(Cl)cccc2Cl)CC1)Nc1ccc(F)cc1F. The lowest BCUT2D eigenvalue weighted by Crippen LogP contribution is -2.48. The Labute approximate surface area is 166 Å². The minimum absolute atomic E-state index is 0.0200. The van der Waals surface area contributed by atoms with Crippen LogP contribution in [-0.4, -0.2) is 48.4 Å². The third kappa shape index (κ3) is 5.39. The van der Waals surface area contributed by atoms with E-state index in [1.807, 2.05) is 23.1 Å². The molecule has 27 heavy (non-hydrogen) atoms. The summed E-state index contributed by atoms with van der Waals surface area (Å²) in [7, 11) is 0. The summed E-state index contributed by atoms with van der Waals surface area (Å²) in [5.74, 6) is -1.80. The van der Waals surface area contributed by atoms with Crippen LogP contribution in [0.1, 0.15) is 5.56 Å². The minimum atomic E-state index is -0.787. The maximum Gasteiger partial charge on any atom is 0.238 e. The van der Waals surface area contributed by atoms with Crippen LogP contribution in [0.3, 0.4) is 0 Å². The van der Waals surface area contributed by atoms with E-state index in [0.717, 1.165) is 30.8 Å². The average molecular weight is 414 g/mol. The van der Waals surface area contributed by atoms with Crippen molar-refractivity contribution in [3.05, 3.63) is 63.6 Å². The molecule has 4 nitrogen and oxygen atoms in total. The van der Waals surface area contributed by atoms with Crippen LogP contribution in [0.25, 0.3) is 0 Å². The van der Waals surface area contributed by atoms with Gasteiger partial charge in [-0.1, -0.05) is 29.3 Å². The third-order valence-electron chi connectivity index (χ3n) is 4.48.